The fourth-order valence-electron chi connectivity index (χ4n) is 2.19. The fraction of sp³-hybridized carbons (Fsp3) is 0.778. The zero-order chi connectivity index (χ0) is 18.8. The molecule has 1 aliphatic heterocycles. The molecule has 0 bridgehead atoms. The summed E-state index contributed by atoms with van der Waals surface area (Å²) in [5.41, 5.74) is 0. The van der Waals surface area contributed by atoms with Crippen molar-refractivity contribution < 1.29 is 33.9 Å². The summed E-state index contributed by atoms with van der Waals surface area (Å²) < 4.78 is 27.3. The van der Waals surface area contributed by atoms with Crippen molar-refractivity contribution in [3.8, 4) is 0 Å². The SMILES string of the molecule is C=CCCOCC(COCCC(O)CO[CH2-])OC1CCCCO1.[CH2-]O.[Rf].[Rf]. The maximum Gasteiger partial charge on any atom is 0.158 e. The molecular formula is C18H34O7Rf2-2. The molecule has 0 aromatic heterocycles. The van der Waals surface area contributed by atoms with Crippen molar-refractivity contribution in [2.75, 3.05) is 39.6 Å². The van der Waals surface area contributed by atoms with Gasteiger partial charge in [0.25, 0.3) is 0 Å². The Hall–Kier alpha value is -2.54. The molecule has 7 nitrogen and oxygen atoms in total. The van der Waals surface area contributed by atoms with Gasteiger partial charge in [-0.15, -0.1) is 6.58 Å². The van der Waals surface area contributed by atoms with Gasteiger partial charge in [0.05, 0.1) is 25.9 Å². The first-order valence-electron chi connectivity index (χ1n) is 8.66. The van der Waals surface area contributed by atoms with Crippen molar-refractivity contribution in [2.24, 2.45) is 0 Å². The zero-order valence-corrected chi connectivity index (χ0v) is 29.4. The first-order valence-corrected chi connectivity index (χ1v) is 8.66. The van der Waals surface area contributed by atoms with Gasteiger partial charge in [0.2, 0.25) is 0 Å². The van der Waals surface area contributed by atoms with Crippen molar-refractivity contribution in [3.05, 3.63) is 26.9 Å². The predicted octanol–water partition coefficient (Wildman–Crippen LogP) is 2.22. The Bertz CT molecular complexity index is 293. The van der Waals surface area contributed by atoms with E-state index in [0.717, 1.165) is 32.3 Å². The van der Waals surface area contributed by atoms with Crippen LogP contribution in [0.3, 0.4) is 0 Å². The van der Waals surface area contributed by atoms with Crippen molar-refractivity contribution in [1.29, 1.82) is 0 Å². The monoisotopic (exact) mass is 896 g/mol. The normalized spacial score (nSPS) is 18.1. The van der Waals surface area contributed by atoms with Gasteiger partial charge in [-0.1, -0.05) is 6.08 Å². The maximum absolute atomic E-state index is 9.55. The minimum atomic E-state index is -0.558. The van der Waals surface area contributed by atoms with Gasteiger partial charge in [0, 0.05) is 19.8 Å². The summed E-state index contributed by atoms with van der Waals surface area (Å²) in [6.45, 7) is 6.54. The topological polar surface area (TPSA) is 86.6 Å². The molecule has 0 spiro atoms. The molecule has 27 heavy (non-hydrogen) atoms. The smallest absolute Gasteiger partial charge is 0.158 e. The van der Waals surface area contributed by atoms with Crippen LogP contribution < -0.4 is 0 Å². The molecule has 1 fully saturated rings. The second kappa shape index (κ2) is 21.5. The van der Waals surface area contributed by atoms with Crippen LogP contribution in [0.2, 0.25) is 0 Å². The minimum absolute atomic E-state index is 0. The molecule has 9 heteroatoms. The van der Waals surface area contributed by atoms with Crippen LogP contribution in [0.25, 0.3) is 0 Å². The van der Waals surface area contributed by atoms with Crippen molar-refractivity contribution >= 4 is 0 Å². The van der Waals surface area contributed by atoms with Gasteiger partial charge in [-0.3, -0.25) is 0 Å². The Balaban J connectivity index is -0.00000139. The van der Waals surface area contributed by atoms with Gasteiger partial charge in [-0.25, -0.2) is 14.2 Å². The van der Waals surface area contributed by atoms with E-state index < -0.39 is 6.10 Å². The van der Waals surface area contributed by atoms with Crippen molar-refractivity contribution in [2.45, 2.75) is 50.6 Å². The fourth-order valence-corrected chi connectivity index (χ4v) is 2.19. The summed E-state index contributed by atoms with van der Waals surface area (Å²) in [6, 6.07) is 0. The Morgan fingerprint density at radius 1 is 1.11 bits per heavy atom. The van der Waals surface area contributed by atoms with Crippen LogP contribution in [0.4, 0.5) is 0 Å². The van der Waals surface area contributed by atoms with Gasteiger partial charge in [-0.05, 0) is 32.1 Å². The second-order valence-corrected chi connectivity index (χ2v) is 5.59. The third kappa shape index (κ3) is 16.7. The Kier molecular flexibility index (Phi) is 23.3. The summed E-state index contributed by atoms with van der Waals surface area (Å²) in [7, 11) is 5.49. The predicted molar refractivity (Wildman–Crippen MR) is 94.1 cm³/mol. The first kappa shape index (κ1) is 29.2. The summed E-state index contributed by atoms with van der Waals surface area (Å²) in [6.07, 6.45) is 5.33. The van der Waals surface area contributed by atoms with Gasteiger partial charge >= 0.3 is 0 Å². The minimum Gasteiger partial charge on any atom is -0.569 e. The van der Waals surface area contributed by atoms with Gasteiger partial charge < -0.3 is 33.9 Å². The number of aliphatic hydroxyl groups is 2. The third-order valence-corrected chi connectivity index (χ3v) is 3.46. The van der Waals surface area contributed by atoms with E-state index in [9.17, 15) is 5.11 Å². The molecule has 1 aliphatic rings. The first-order chi connectivity index (χ1) is 12.3. The van der Waals surface area contributed by atoms with Gasteiger partial charge in [0.1, 0.15) is 6.10 Å². The van der Waals surface area contributed by atoms with Gasteiger partial charge in [0.15, 0.2) is 6.29 Å². The Morgan fingerprint density at radius 3 is 2.33 bits per heavy atom. The van der Waals surface area contributed by atoms with Crippen LogP contribution in [-0.4, -0.2) is 68.4 Å². The van der Waals surface area contributed by atoms with E-state index in [4.69, 9.17) is 24.1 Å². The number of ether oxygens (including phenoxy) is 5. The third-order valence-electron chi connectivity index (χ3n) is 3.46. The average Bonchev–Trinajstić information content (AvgIpc) is 2.65. The molecule has 0 aromatic rings. The number of rotatable bonds is 14. The molecule has 0 aromatic carbocycles. The summed E-state index contributed by atoms with van der Waals surface area (Å²) in [4.78, 5) is 0. The average molecular weight is 896 g/mol. The molecule has 0 amide bonds. The molecule has 1 rings (SSSR count). The van der Waals surface area contributed by atoms with Crippen molar-refractivity contribution in [1.82, 2.24) is 0 Å². The molecule has 1 saturated heterocycles. The van der Waals surface area contributed by atoms with Crippen LogP contribution in [0.5, 0.6) is 0 Å². The van der Waals surface area contributed by atoms with E-state index in [1.807, 2.05) is 6.08 Å². The van der Waals surface area contributed by atoms with Gasteiger partial charge in [-0.2, -0.15) is 0 Å². The summed E-state index contributed by atoms with van der Waals surface area (Å²) in [5.74, 6) is 0. The largest absolute Gasteiger partial charge is 0.569 e. The molecule has 3 atom stereocenters. The van der Waals surface area contributed by atoms with Crippen LogP contribution in [0, 0.1) is 14.2 Å². The molecule has 1 heterocycles. The Morgan fingerprint density at radius 2 is 1.78 bits per heavy atom. The number of aliphatic hydroxyl groups excluding tert-OH is 2. The van der Waals surface area contributed by atoms with E-state index in [1.54, 1.807) is 0 Å². The molecule has 0 radical (unpaired) electrons. The van der Waals surface area contributed by atoms with Crippen molar-refractivity contribution in [3.63, 3.8) is 0 Å². The molecule has 2 N–H and O–H groups in total. The van der Waals surface area contributed by atoms with Crippen LogP contribution in [0.15, 0.2) is 12.7 Å². The summed E-state index contributed by atoms with van der Waals surface area (Å²) in [5, 5.41) is 16.3. The molecule has 3 unspecified atom stereocenters. The van der Waals surface area contributed by atoms with E-state index in [1.165, 1.54) is 0 Å². The standard InChI is InChI=1S/C17H31O6.CH3O.2Rf/c1-3-4-9-20-13-16(23-17-7-5-6-10-22-17)14-21-11-8-15(18)12-19-2;1-2;;/h3,15-18H,1-2,4-14H2;2H,1H2;;/q2*-1;;. The van der Waals surface area contributed by atoms with E-state index in [2.05, 4.69) is 25.5 Å². The maximum atomic E-state index is 9.55. The second-order valence-electron chi connectivity index (χ2n) is 5.59. The molecule has 154 valence electrons. The molecule has 0 aliphatic carbocycles. The number of hydrogen-bond donors (Lipinski definition) is 2. The van der Waals surface area contributed by atoms with E-state index in [-0.39, 0.29) is 19.0 Å². The van der Waals surface area contributed by atoms with Crippen LogP contribution >= 0.6 is 0 Å². The van der Waals surface area contributed by atoms with Crippen LogP contribution in [0.1, 0.15) is 32.1 Å². The summed E-state index contributed by atoms with van der Waals surface area (Å²) >= 11 is 0. The Labute approximate surface area is 151 Å². The number of hydrogen-bond acceptors (Lipinski definition) is 7. The van der Waals surface area contributed by atoms with E-state index >= 15 is 0 Å². The quantitative estimate of drug-likeness (QED) is 0.157. The zero-order valence-electron chi connectivity index (χ0n) is 16.6. The molecular weight excluding hydrogens is 862 g/mol. The van der Waals surface area contributed by atoms with E-state index in [0.29, 0.717) is 32.8 Å². The molecule has 0 saturated carbocycles. The van der Waals surface area contributed by atoms with Crippen LogP contribution in [-0.2, 0) is 23.7 Å².